The predicted octanol–water partition coefficient (Wildman–Crippen LogP) is 6.86. The highest BCUT2D eigenvalue weighted by Gasteiger charge is 2.10. The Bertz CT molecular complexity index is 1380. The summed E-state index contributed by atoms with van der Waals surface area (Å²) in [6.45, 7) is 2.60. The van der Waals surface area contributed by atoms with Gasteiger partial charge in [0.2, 0.25) is 0 Å². The zero-order chi connectivity index (χ0) is 22.6. The molecule has 164 valence electrons. The zero-order valence-electron chi connectivity index (χ0n) is 17.6. The van der Waals surface area contributed by atoms with Crippen LogP contribution in [0.5, 0.6) is 16.7 Å². The van der Waals surface area contributed by atoms with Gasteiger partial charge in [0.1, 0.15) is 16.5 Å². The van der Waals surface area contributed by atoms with Crippen molar-refractivity contribution in [1.82, 2.24) is 9.97 Å². The molecule has 0 bridgehead atoms. The number of hydrogen-bond acceptors (Lipinski definition) is 7. The smallest absolute Gasteiger partial charge is 0.278 e. The first kappa shape index (κ1) is 21.1. The molecule has 0 spiro atoms. The van der Waals surface area contributed by atoms with E-state index in [9.17, 15) is 4.79 Å². The molecule has 5 rings (SSSR count). The minimum atomic E-state index is -0.188. The number of amides is 1. The zero-order valence-corrected chi connectivity index (χ0v) is 19.3. The monoisotopic (exact) mass is 473 g/mol. The molecule has 0 aliphatic carbocycles. The van der Waals surface area contributed by atoms with Crippen LogP contribution in [0.25, 0.3) is 20.8 Å². The normalized spacial score (nSPS) is 10.8. The van der Waals surface area contributed by atoms with Crippen molar-refractivity contribution in [1.29, 1.82) is 0 Å². The molecule has 0 saturated heterocycles. The van der Waals surface area contributed by atoms with Gasteiger partial charge in [-0.2, -0.15) is 0 Å². The van der Waals surface area contributed by atoms with Gasteiger partial charge in [-0.1, -0.05) is 11.3 Å². The topological polar surface area (TPSA) is 73.3 Å². The molecule has 1 N–H and O–H groups in total. The first-order valence-corrected chi connectivity index (χ1v) is 12.0. The number of anilines is 1. The van der Waals surface area contributed by atoms with Gasteiger partial charge < -0.3 is 14.8 Å². The number of carbonyl (C=O) groups excluding carboxylic acids is 1. The molecule has 0 fully saturated rings. The number of rotatable bonds is 7. The molecule has 0 unspecified atom stereocenters. The molecule has 33 heavy (non-hydrogen) atoms. The molecule has 0 atom stereocenters. The van der Waals surface area contributed by atoms with Crippen LogP contribution in [0.1, 0.15) is 17.3 Å². The Morgan fingerprint density at radius 3 is 2.52 bits per heavy atom. The maximum Gasteiger partial charge on any atom is 0.278 e. The van der Waals surface area contributed by atoms with Gasteiger partial charge >= 0.3 is 0 Å². The molecular formula is C25H19N3O3S2. The molecule has 3 aromatic carbocycles. The third-order valence-corrected chi connectivity index (χ3v) is 6.51. The average Bonchev–Trinajstić information content (AvgIpc) is 3.50. The number of nitrogens with zero attached hydrogens (tertiary/aromatic N) is 2. The summed E-state index contributed by atoms with van der Waals surface area (Å²) in [4.78, 5) is 21.4. The summed E-state index contributed by atoms with van der Waals surface area (Å²) in [5.41, 5.74) is 3.20. The Kier molecular flexibility index (Phi) is 6.01. The Hall–Kier alpha value is -3.75. The van der Waals surface area contributed by atoms with Gasteiger partial charge in [-0.15, -0.1) is 11.3 Å². The van der Waals surface area contributed by atoms with E-state index < -0.39 is 0 Å². The fourth-order valence-electron chi connectivity index (χ4n) is 3.22. The third kappa shape index (κ3) is 4.87. The van der Waals surface area contributed by atoms with E-state index in [0.717, 1.165) is 26.5 Å². The van der Waals surface area contributed by atoms with Gasteiger partial charge in [-0.25, -0.2) is 9.97 Å². The van der Waals surface area contributed by atoms with Crippen molar-refractivity contribution < 1.29 is 14.3 Å². The Morgan fingerprint density at radius 2 is 1.79 bits per heavy atom. The van der Waals surface area contributed by atoms with E-state index in [4.69, 9.17) is 14.5 Å². The van der Waals surface area contributed by atoms with Crippen molar-refractivity contribution >= 4 is 44.5 Å². The molecule has 6 nitrogen and oxygen atoms in total. The quantitative estimate of drug-likeness (QED) is 0.279. The van der Waals surface area contributed by atoms with Crippen LogP contribution in [0.4, 0.5) is 5.69 Å². The number of nitrogens with one attached hydrogen (secondary N) is 1. The summed E-state index contributed by atoms with van der Waals surface area (Å²) >= 11 is 3.03. The van der Waals surface area contributed by atoms with Gasteiger partial charge in [0, 0.05) is 28.4 Å². The molecule has 0 aliphatic rings. The lowest BCUT2D eigenvalue weighted by Crippen LogP contribution is -2.11. The lowest BCUT2D eigenvalue weighted by Gasteiger charge is -2.07. The van der Waals surface area contributed by atoms with Crippen LogP contribution >= 0.6 is 22.7 Å². The molecule has 5 aromatic rings. The Balaban J connectivity index is 1.26. The maximum absolute atomic E-state index is 12.6. The summed E-state index contributed by atoms with van der Waals surface area (Å²) in [6, 6.07) is 20.6. The second-order valence-electron chi connectivity index (χ2n) is 7.04. The van der Waals surface area contributed by atoms with Gasteiger partial charge in [-0.3, -0.25) is 4.79 Å². The first-order chi connectivity index (χ1) is 16.2. The summed E-state index contributed by atoms with van der Waals surface area (Å²) in [5, 5.41) is 6.26. The standard InChI is InChI=1S/C25H19N3O3S2/c1-2-30-20-11-12-21-22(15-20)33-24(28-21)17-3-7-18(8-4-17)27-23(29)16-5-9-19(10-6-16)31-25-26-13-14-32-25/h3-15H,2H2,1H3,(H,27,29). The molecule has 2 heterocycles. The minimum absolute atomic E-state index is 0.188. The summed E-state index contributed by atoms with van der Waals surface area (Å²) < 4.78 is 12.3. The van der Waals surface area contributed by atoms with E-state index >= 15 is 0 Å². The first-order valence-electron chi connectivity index (χ1n) is 10.3. The Morgan fingerprint density at radius 1 is 1.00 bits per heavy atom. The van der Waals surface area contributed by atoms with E-state index in [-0.39, 0.29) is 5.91 Å². The van der Waals surface area contributed by atoms with E-state index in [1.807, 2.05) is 54.8 Å². The minimum Gasteiger partial charge on any atom is -0.494 e. The highest BCUT2D eigenvalue weighted by molar-refractivity contribution is 7.21. The maximum atomic E-state index is 12.6. The van der Waals surface area contributed by atoms with Crippen molar-refractivity contribution in [2.75, 3.05) is 11.9 Å². The van der Waals surface area contributed by atoms with E-state index in [1.54, 1.807) is 41.8 Å². The largest absolute Gasteiger partial charge is 0.494 e. The van der Waals surface area contributed by atoms with Gasteiger partial charge in [0.05, 0.1) is 16.8 Å². The number of benzene rings is 3. The van der Waals surface area contributed by atoms with Gasteiger partial charge in [0.15, 0.2) is 0 Å². The van der Waals surface area contributed by atoms with Crippen molar-refractivity contribution in [2.24, 2.45) is 0 Å². The number of hydrogen-bond donors (Lipinski definition) is 1. The SMILES string of the molecule is CCOc1ccc2nc(-c3ccc(NC(=O)c4ccc(Oc5nccs5)cc4)cc3)sc2c1. The van der Waals surface area contributed by atoms with Crippen molar-refractivity contribution in [3.05, 3.63) is 83.9 Å². The van der Waals surface area contributed by atoms with E-state index in [1.165, 1.54) is 11.3 Å². The lowest BCUT2D eigenvalue weighted by atomic mass is 10.2. The van der Waals surface area contributed by atoms with Crippen LogP contribution in [-0.4, -0.2) is 22.5 Å². The van der Waals surface area contributed by atoms with Crippen LogP contribution in [0, 0.1) is 0 Å². The van der Waals surface area contributed by atoms with Crippen molar-refractivity contribution in [3.63, 3.8) is 0 Å². The fourth-order valence-corrected chi connectivity index (χ4v) is 4.72. The predicted molar refractivity (Wildman–Crippen MR) is 133 cm³/mol. The number of thiazole rings is 2. The van der Waals surface area contributed by atoms with Crippen molar-refractivity contribution in [3.8, 4) is 27.3 Å². The second kappa shape index (κ2) is 9.40. The molecule has 0 aliphatic heterocycles. The highest BCUT2D eigenvalue weighted by Crippen LogP contribution is 2.33. The van der Waals surface area contributed by atoms with E-state index in [2.05, 4.69) is 10.3 Å². The molecule has 0 saturated carbocycles. The van der Waals surface area contributed by atoms with Crippen LogP contribution in [0.3, 0.4) is 0 Å². The third-order valence-electron chi connectivity index (χ3n) is 4.79. The number of aromatic nitrogens is 2. The van der Waals surface area contributed by atoms with Gasteiger partial charge in [0.25, 0.3) is 11.1 Å². The number of carbonyl (C=O) groups is 1. The van der Waals surface area contributed by atoms with Crippen LogP contribution < -0.4 is 14.8 Å². The second-order valence-corrected chi connectivity index (χ2v) is 8.93. The molecular weight excluding hydrogens is 454 g/mol. The molecule has 2 aromatic heterocycles. The molecule has 1 amide bonds. The average molecular weight is 474 g/mol. The fraction of sp³-hybridized carbons (Fsp3) is 0.0800. The lowest BCUT2D eigenvalue weighted by molar-refractivity contribution is 0.102. The summed E-state index contributed by atoms with van der Waals surface area (Å²) in [6.07, 6.45) is 1.68. The van der Waals surface area contributed by atoms with Gasteiger partial charge in [-0.05, 0) is 73.7 Å². The number of fused-ring (bicyclic) bond motifs is 1. The molecule has 8 heteroatoms. The summed E-state index contributed by atoms with van der Waals surface area (Å²) in [5.74, 6) is 1.29. The summed E-state index contributed by atoms with van der Waals surface area (Å²) in [7, 11) is 0. The van der Waals surface area contributed by atoms with Crippen LogP contribution in [-0.2, 0) is 0 Å². The van der Waals surface area contributed by atoms with Crippen LogP contribution in [0.2, 0.25) is 0 Å². The van der Waals surface area contributed by atoms with Crippen LogP contribution in [0.15, 0.2) is 78.3 Å². The van der Waals surface area contributed by atoms with Crippen molar-refractivity contribution in [2.45, 2.75) is 6.92 Å². The van der Waals surface area contributed by atoms with E-state index in [0.29, 0.717) is 28.8 Å². The number of ether oxygens (including phenoxy) is 2. The Labute approximate surface area is 198 Å². The molecule has 0 radical (unpaired) electrons. The highest BCUT2D eigenvalue weighted by atomic mass is 32.1.